The SMILES string of the molecule is COc1ccccc1OCCc1cc(C2CCN(S(=O)(=O)c3cn(C)cn3)C2)n[nH]1. The molecule has 1 fully saturated rings. The topological polar surface area (TPSA) is 102 Å². The van der Waals surface area contributed by atoms with Crippen LogP contribution in [0.15, 0.2) is 47.9 Å². The summed E-state index contributed by atoms with van der Waals surface area (Å²) < 4.78 is 39.7. The number of ether oxygens (including phenoxy) is 2. The standard InChI is InChI=1S/C20H25N5O4S/c1-24-13-20(21-14-24)30(26,27)25-9-7-15(12-25)17-11-16(22-23-17)8-10-29-19-6-4-3-5-18(19)28-2/h3-6,11,13-15H,7-10,12H2,1-2H3,(H,22,23). The van der Waals surface area contributed by atoms with Gasteiger partial charge in [-0.15, -0.1) is 0 Å². The van der Waals surface area contributed by atoms with Crippen molar-refractivity contribution in [2.75, 3.05) is 26.8 Å². The molecular formula is C20H25N5O4S. The summed E-state index contributed by atoms with van der Waals surface area (Å²) in [5.41, 5.74) is 1.83. The summed E-state index contributed by atoms with van der Waals surface area (Å²) in [6, 6.07) is 9.51. The fraction of sp³-hybridized carbons (Fsp3) is 0.400. The lowest BCUT2D eigenvalue weighted by molar-refractivity contribution is 0.296. The molecule has 0 bridgehead atoms. The maximum Gasteiger partial charge on any atom is 0.262 e. The van der Waals surface area contributed by atoms with E-state index in [2.05, 4.69) is 15.2 Å². The molecule has 9 nitrogen and oxygen atoms in total. The third-order valence-electron chi connectivity index (χ3n) is 5.20. The van der Waals surface area contributed by atoms with Crippen molar-refractivity contribution >= 4 is 10.0 Å². The van der Waals surface area contributed by atoms with E-state index in [4.69, 9.17) is 9.47 Å². The minimum atomic E-state index is -3.57. The fourth-order valence-corrected chi connectivity index (χ4v) is 5.03. The van der Waals surface area contributed by atoms with Gasteiger partial charge in [-0.1, -0.05) is 12.1 Å². The molecule has 1 unspecified atom stereocenters. The number of imidazole rings is 1. The molecular weight excluding hydrogens is 406 g/mol. The van der Waals surface area contributed by atoms with E-state index in [9.17, 15) is 8.42 Å². The van der Waals surface area contributed by atoms with Crippen LogP contribution in [-0.2, 0) is 23.5 Å². The summed E-state index contributed by atoms with van der Waals surface area (Å²) in [7, 11) is -0.207. The molecule has 10 heteroatoms. The van der Waals surface area contributed by atoms with Crippen LogP contribution in [0.25, 0.3) is 0 Å². The average Bonchev–Trinajstić information content (AvgIpc) is 3.49. The highest BCUT2D eigenvalue weighted by Gasteiger charge is 2.35. The number of aromatic nitrogens is 4. The van der Waals surface area contributed by atoms with Gasteiger partial charge < -0.3 is 14.0 Å². The van der Waals surface area contributed by atoms with E-state index in [0.29, 0.717) is 37.6 Å². The van der Waals surface area contributed by atoms with E-state index in [1.165, 1.54) is 16.8 Å². The maximum atomic E-state index is 12.8. The van der Waals surface area contributed by atoms with Crippen LogP contribution in [0.5, 0.6) is 11.5 Å². The van der Waals surface area contributed by atoms with Crippen molar-refractivity contribution in [3.63, 3.8) is 0 Å². The monoisotopic (exact) mass is 431 g/mol. The predicted molar refractivity (Wildman–Crippen MR) is 110 cm³/mol. The quantitative estimate of drug-likeness (QED) is 0.585. The van der Waals surface area contributed by atoms with Gasteiger partial charge in [-0.3, -0.25) is 5.10 Å². The number of H-pyrrole nitrogens is 1. The van der Waals surface area contributed by atoms with E-state index in [0.717, 1.165) is 17.8 Å². The number of aromatic amines is 1. The van der Waals surface area contributed by atoms with Crippen LogP contribution in [0.4, 0.5) is 0 Å². The smallest absolute Gasteiger partial charge is 0.262 e. The van der Waals surface area contributed by atoms with Gasteiger partial charge in [-0.2, -0.15) is 9.40 Å². The number of nitrogens with zero attached hydrogens (tertiary/aromatic N) is 4. The number of hydrogen-bond acceptors (Lipinski definition) is 6. The first-order valence-corrected chi connectivity index (χ1v) is 11.2. The Morgan fingerprint density at radius 3 is 2.80 bits per heavy atom. The molecule has 0 spiro atoms. The lowest BCUT2D eigenvalue weighted by atomic mass is 10.0. The Kier molecular flexibility index (Phi) is 5.78. The zero-order chi connectivity index (χ0) is 21.1. The molecule has 4 rings (SSSR count). The predicted octanol–water partition coefficient (Wildman–Crippen LogP) is 1.95. The van der Waals surface area contributed by atoms with Crippen LogP contribution in [0.2, 0.25) is 0 Å². The summed E-state index contributed by atoms with van der Waals surface area (Å²) in [6.07, 6.45) is 4.41. The van der Waals surface area contributed by atoms with Crippen LogP contribution >= 0.6 is 0 Å². The van der Waals surface area contributed by atoms with Crippen LogP contribution in [0, 0.1) is 0 Å². The Labute approximate surface area is 175 Å². The van der Waals surface area contributed by atoms with Gasteiger partial charge in [-0.25, -0.2) is 13.4 Å². The van der Waals surface area contributed by atoms with E-state index in [-0.39, 0.29) is 10.9 Å². The molecule has 1 atom stereocenters. The Hall–Kier alpha value is -2.85. The number of hydrogen-bond donors (Lipinski definition) is 1. The van der Waals surface area contributed by atoms with Crippen molar-refractivity contribution < 1.29 is 17.9 Å². The van der Waals surface area contributed by atoms with E-state index >= 15 is 0 Å². The van der Waals surface area contributed by atoms with Crippen molar-refractivity contribution in [2.45, 2.75) is 23.8 Å². The zero-order valence-corrected chi connectivity index (χ0v) is 17.8. The van der Waals surface area contributed by atoms with Crippen LogP contribution < -0.4 is 9.47 Å². The minimum Gasteiger partial charge on any atom is -0.493 e. The van der Waals surface area contributed by atoms with Gasteiger partial charge in [0.2, 0.25) is 0 Å². The molecule has 1 aliphatic rings. The molecule has 0 saturated carbocycles. The zero-order valence-electron chi connectivity index (χ0n) is 17.0. The third-order valence-corrected chi connectivity index (χ3v) is 6.95. The van der Waals surface area contributed by atoms with Crippen molar-refractivity contribution in [1.29, 1.82) is 0 Å². The van der Waals surface area contributed by atoms with Gasteiger partial charge in [0.25, 0.3) is 10.0 Å². The largest absolute Gasteiger partial charge is 0.493 e. The molecule has 1 aliphatic heterocycles. The number of aryl methyl sites for hydroxylation is 1. The minimum absolute atomic E-state index is 0.0589. The Morgan fingerprint density at radius 1 is 1.27 bits per heavy atom. The number of methoxy groups -OCH3 is 1. The average molecular weight is 432 g/mol. The molecule has 2 aromatic heterocycles. The van der Waals surface area contributed by atoms with Crippen molar-refractivity contribution in [3.8, 4) is 11.5 Å². The molecule has 3 aromatic rings. The number of benzene rings is 1. The van der Waals surface area contributed by atoms with Gasteiger partial charge in [0, 0.05) is 44.4 Å². The second kappa shape index (κ2) is 8.49. The van der Waals surface area contributed by atoms with Crippen molar-refractivity contribution in [1.82, 2.24) is 24.1 Å². The molecule has 160 valence electrons. The molecule has 1 saturated heterocycles. The third kappa shape index (κ3) is 4.19. The first kappa shape index (κ1) is 20.4. The van der Waals surface area contributed by atoms with E-state index < -0.39 is 10.0 Å². The Morgan fingerprint density at radius 2 is 2.07 bits per heavy atom. The van der Waals surface area contributed by atoms with Gasteiger partial charge in [0.05, 0.1) is 25.7 Å². The summed E-state index contributed by atoms with van der Waals surface area (Å²) in [4.78, 5) is 3.99. The lowest BCUT2D eigenvalue weighted by Crippen LogP contribution is -2.29. The van der Waals surface area contributed by atoms with Gasteiger partial charge in [0.15, 0.2) is 16.5 Å². The molecule has 1 N–H and O–H groups in total. The summed E-state index contributed by atoms with van der Waals surface area (Å²) in [5, 5.41) is 7.53. The number of rotatable bonds is 8. The Bertz CT molecular complexity index is 1110. The van der Waals surface area contributed by atoms with Gasteiger partial charge in [0.1, 0.15) is 0 Å². The van der Waals surface area contributed by atoms with Crippen LogP contribution in [-0.4, -0.2) is 59.3 Å². The molecule has 1 aromatic carbocycles. The molecule has 30 heavy (non-hydrogen) atoms. The van der Waals surface area contributed by atoms with E-state index in [1.807, 2.05) is 30.3 Å². The number of sulfonamides is 1. The van der Waals surface area contributed by atoms with Gasteiger partial charge >= 0.3 is 0 Å². The maximum absolute atomic E-state index is 12.8. The second-order valence-electron chi connectivity index (χ2n) is 7.29. The normalized spacial score (nSPS) is 17.3. The molecule has 0 aliphatic carbocycles. The lowest BCUT2D eigenvalue weighted by Gasteiger charge is -2.14. The highest BCUT2D eigenvalue weighted by atomic mass is 32.2. The highest BCUT2D eigenvalue weighted by molar-refractivity contribution is 7.89. The Balaban J connectivity index is 1.34. The second-order valence-corrected chi connectivity index (χ2v) is 9.18. The van der Waals surface area contributed by atoms with Crippen molar-refractivity contribution in [2.24, 2.45) is 7.05 Å². The summed E-state index contributed by atoms with van der Waals surface area (Å²) >= 11 is 0. The van der Waals surface area contributed by atoms with Gasteiger partial charge in [-0.05, 0) is 24.6 Å². The molecule has 0 radical (unpaired) electrons. The van der Waals surface area contributed by atoms with E-state index in [1.54, 1.807) is 18.7 Å². The first-order chi connectivity index (χ1) is 14.5. The highest BCUT2D eigenvalue weighted by Crippen LogP contribution is 2.30. The summed E-state index contributed by atoms with van der Waals surface area (Å²) in [6.45, 7) is 1.34. The fourth-order valence-electron chi connectivity index (χ4n) is 3.57. The molecule has 3 heterocycles. The molecule has 0 amide bonds. The number of nitrogens with one attached hydrogen (secondary N) is 1. The number of para-hydroxylation sites is 2. The first-order valence-electron chi connectivity index (χ1n) is 9.75. The van der Waals surface area contributed by atoms with Crippen LogP contribution in [0.1, 0.15) is 23.7 Å². The van der Waals surface area contributed by atoms with Crippen molar-refractivity contribution in [3.05, 3.63) is 54.2 Å². The van der Waals surface area contributed by atoms with Crippen LogP contribution in [0.3, 0.4) is 0 Å². The summed E-state index contributed by atoms with van der Waals surface area (Å²) in [5.74, 6) is 1.46.